The van der Waals surface area contributed by atoms with Gasteiger partial charge in [-0.2, -0.15) is 0 Å². The van der Waals surface area contributed by atoms with Crippen LogP contribution in [-0.2, 0) is 11.2 Å². The number of hydrogen-bond acceptors (Lipinski definition) is 2. The fourth-order valence-corrected chi connectivity index (χ4v) is 3.05. The van der Waals surface area contributed by atoms with Crippen LogP contribution in [0.4, 0.5) is 5.69 Å². The zero-order valence-electron chi connectivity index (χ0n) is 13.4. The number of unbranched alkanes of at least 4 members (excludes halogenated alkanes) is 4. The van der Waals surface area contributed by atoms with Crippen molar-refractivity contribution in [3.63, 3.8) is 0 Å². The first-order valence-corrected chi connectivity index (χ1v) is 8.34. The number of benzene rings is 1. The minimum atomic E-state index is 0.136. The van der Waals surface area contributed by atoms with E-state index in [1.165, 1.54) is 49.7 Å². The Morgan fingerprint density at radius 3 is 2.76 bits per heavy atom. The molecule has 2 N–H and O–H groups in total. The van der Waals surface area contributed by atoms with Crippen molar-refractivity contribution in [2.45, 2.75) is 64.3 Å². The molecule has 0 aliphatic carbocycles. The van der Waals surface area contributed by atoms with Gasteiger partial charge in [-0.25, -0.2) is 0 Å². The summed E-state index contributed by atoms with van der Waals surface area (Å²) < 4.78 is 0. The number of anilines is 1. The summed E-state index contributed by atoms with van der Waals surface area (Å²) in [6.07, 6.45) is 9.26. The molecule has 1 aliphatic heterocycles. The van der Waals surface area contributed by atoms with E-state index in [9.17, 15) is 4.79 Å². The number of hydrogen-bond donors (Lipinski definition) is 2. The van der Waals surface area contributed by atoms with Gasteiger partial charge in [-0.3, -0.25) is 4.79 Å². The number of fused-ring (bicyclic) bond motifs is 1. The van der Waals surface area contributed by atoms with Crippen molar-refractivity contribution in [3.05, 3.63) is 29.3 Å². The molecule has 0 saturated carbocycles. The zero-order chi connectivity index (χ0) is 15.1. The summed E-state index contributed by atoms with van der Waals surface area (Å²) in [6.45, 7) is 2.25. The number of aryl methyl sites for hydroxylation is 1. The minimum absolute atomic E-state index is 0.136. The molecule has 1 aromatic rings. The quantitative estimate of drug-likeness (QED) is 0.704. The predicted octanol–water partition coefficient (Wildman–Crippen LogP) is 4.19. The molecular weight excluding hydrogens is 260 g/mol. The van der Waals surface area contributed by atoms with E-state index in [-0.39, 0.29) is 5.91 Å². The first-order valence-electron chi connectivity index (χ1n) is 8.34. The van der Waals surface area contributed by atoms with E-state index in [1.54, 1.807) is 0 Å². The zero-order valence-corrected chi connectivity index (χ0v) is 13.4. The highest BCUT2D eigenvalue weighted by Gasteiger charge is 2.17. The normalized spacial score (nSPS) is 15.4. The van der Waals surface area contributed by atoms with E-state index < -0.39 is 0 Å². The van der Waals surface area contributed by atoms with Gasteiger partial charge >= 0.3 is 0 Å². The fourth-order valence-electron chi connectivity index (χ4n) is 3.05. The van der Waals surface area contributed by atoms with Crippen molar-refractivity contribution < 1.29 is 4.79 Å². The second-order valence-electron chi connectivity index (χ2n) is 6.01. The summed E-state index contributed by atoms with van der Waals surface area (Å²) in [4.78, 5) is 11.4. The summed E-state index contributed by atoms with van der Waals surface area (Å²) in [5, 5.41) is 6.39. The number of rotatable bonds is 8. The number of carbonyl (C=O) groups is 1. The second kappa shape index (κ2) is 8.18. The molecule has 0 saturated heterocycles. The Morgan fingerprint density at radius 2 is 2.00 bits per heavy atom. The highest BCUT2D eigenvalue weighted by molar-refractivity contribution is 5.93. The van der Waals surface area contributed by atoms with E-state index >= 15 is 0 Å². The molecular formula is C18H28N2O. The van der Waals surface area contributed by atoms with E-state index in [4.69, 9.17) is 0 Å². The van der Waals surface area contributed by atoms with Crippen molar-refractivity contribution in [1.29, 1.82) is 0 Å². The van der Waals surface area contributed by atoms with Gasteiger partial charge in [-0.15, -0.1) is 0 Å². The standard InChI is InChI=1S/C18H28N2O/c1-3-4-5-6-7-8-16(19-2)14-9-11-17-15(13-14)10-12-18(21)20-17/h9,11,13,16,19H,3-8,10,12H2,1-2H3,(H,20,21). The van der Waals surface area contributed by atoms with Crippen LogP contribution in [0.3, 0.4) is 0 Å². The topological polar surface area (TPSA) is 41.1 Å². The Hall–Kier alpha value is -1.35. The van der Waals surface area contributed by atoms with Gasteiger partial charge in [-0.1, -0.05) is 51.2 Å². The third-order valence-electron chi connectivity index (χ3n) is 4.37. The van der Waals surface area contributed by atoms with Crippen molar-refractivity contribution in [2.24, 2.45) is 0 Å². The van der Waals surface area contributed by atoms with Gasteiger partial charge < -0.3 is 10.6 Å². The van der Waals surface area contributed by atoms with Gasteiger partial charge in [0, 0.05) is 18.2 Å². The monoisotopic (exact) mass is 288 g/mol. The van der Waals surface area contributed by atoms with Gasteiger partial charge in [0.2, 0.25) is 5.91 Å². The summed E-state index contributed by atoms with van der Waals surface area (Å²) >= 11 is 0. The molecule has 3 heteroatoms. The summed E-state index contributed by atoms with van der Waals surface area (Å²) in [5.41, 5.74) is 3.62. The van der Waals surface area contributed by atoms with Crippen LogP contribution < -0.4 is 10.6 Å². The summed E-state index contributed by atoms with van der Waals surface area (Å²) in [5.74, 6) is 0.136. The molecule has 21 heavy (non-hydrogen) atoms. The molecule has 1 aliphatic rings. The molecule has 0 bridgehead atoms. The second-order valence-corrected chi connectivity index (χ2v) is 6.01. The van der Waals surface area contributed by atoms with Crippen LogP contribution in [-0.4, -0.2) is 13.0 Å². The molecule has 0 fully saturated rings. The SMILES string of the molecule is CCCCCCCC(NC)c1ccc2c(c1)CCC(=O)N2. The molecule has 116 valence electrons. The van der Waals surface area contributed by atoms with Crippen LogP contribution in [0.5, 0.6) is 0 Å². The highest BCUT2D eigenvalue weighted by atomic mass is 16.1. The number of nitrogens with one attached hydrogen (secondary N) is 2. The van der Waals surface area contributed by atoms with Crippen LogP contribution in [0.15, 0.2) is 18.2 Å². The largest absolute Gasteiger partial charge is 0.326 e. The summed E-state index contributed by atoms with van der Waals surface area (Å²) in [6, 6.07) is 6.90. The van der Waals surface area contributed by atoms with E-state index in [2.05, 4.69) is 35.8 Å². The maximum absolute atomic E-state index is 11.4. The molecule has 0 radical (unpaired) electrons. The van der Waals surface area contributed by atoms with Crippen LogP contribution in [0.25, 0.3) is 0 Å². The van der Waals surface area contributed by atoms with Crippen LogP contribution in [0.1, 0.15) is 69.0 Å². The van der Waals surface area contributed by atoms with Crippen molar-refractivity contribution in [1.82, 2.24) is 5.32 Å². The van der Waals surface area contributed by atoms with Crippen molar-refractivity contribution in [2.75, 3.05) is 12.4 Å². The maximum atomic E-state index is 11.4. The molecule has 1 atom stereocenters. The van der Waals surface area contributed by atoms with Gasteiger partial charge in [0.1, 0.15) is 0 Å². The third kappa shape index (κ3) is 4.57. The van der Waals surface area contributed by atoms with Crippen LogP contribution >= 0.6 is 0 Å². The molecule has 2 rings (SSSR count). The van der Waals surface area contributed by atoms with E-state index in [0.29, 0.717) is 12.5 Å². The smallest absolute Gasteiger partial charge is 0.224 e. The molecule has 0 spiro atoms. The lowest BCUT2D eigenvalue weighted by Crippen LogP contribution is -2.21. The average Bonchev–Trinajstić information content (AvgIpc) is 2.50. The molecule has 0 aromatic heterocycles. The maximum Gasteiger partial charge on any atom is 0.224 e. The van der Waals surface area contributed by atoms with E-state index in [1.807, 2.05) is 7.05 Å². The Labute approximate surface area is 128 Å². The van der Waals surface area contributed by atoms with Gasteiger partial charge in [0.15, 0.2) is 0 Å². The van der Waals surface area contributed by atoms with Gasteiger partial charge in [0.25, 0.3) is 0 Å². The number of carbonyl (C=O) groups excluding carboxylic acids is 1. The molecule has 3 nitrogen and oxygen atoms in total. The third-order valence-corrected chi connectivity index (χ3v) is 4.37. The molecule has 1 unspecified atom stereocenters. The lowest BCUT2D eigenvalue weighted by Gasteiger charge is -2.21. The predicted molar refractivity (Wildman–Crippen MR) is 88.6 cm³/mol. The first-order chi connectivity index (χ1) is 10.2. The number of amides is 1. The van der Waals surface area contributed by atoms with E-state index in [0.717, 1.165) is 12.1 Å². The fraction of sp³-hybridized carbons (Fsp3) is 0.611. The Bertz CT molecular complexity index is 470. The first kappa shape index (κ1) is 16.0. The minimum Gasteiger partial charge on any atom is -0.326 e. The van der Waals surface area contributed by atoms with Gasteiger partial charge in [-0.05, 0) is 37.1 Å². The van der Waals surface area contributed by atoms with Crippen LogP contribution in [0.2, 0.25) is 0 Å². The van der Waals surface area contributed by atoms with Crippen LogP contribution in [0, 0.1) is 0 Å². The molecule has 1 aromatic carbocycles. The lowest BCUT2D eigenvalue weighted by molar-refractivity contribution is -0.116. The lowest BCUT2D eigenvalue weighted by atomic mass is 9.94. The molecule has 1 heterocycles. The van der Waals surface area contributed by atoms with Crippen molar-refractivity contribution in [3.8, 4) is 0 Å². The Morgan fingerprint density at radius 1 is 1.19 bits per heavy atom. The highest BCUT2D eigenvalue weighted by Crippen LogP contribution is 2.28. The average molecular weight is 288 g/mol. The van der Waals surface area contributed by atoms with Crippen molar-refractivity contribution >= 4 is 11.6 Å². The Balaban J connectivity index is 1.93. The Kier molecular flexibility index (Phi) is 6.24. The van der Waals surface area contributed by atoms with Gasteiger partial charge in [0.05, 0.1) is 0 Å². The summed E-state index contributed by atoms with van der Waals surface area (Å²) in [7, 11) is 2.04. The molecule has 1 amide bonds.